The van der Waals surface area contributed by atoms with Crippen molar-refractivity contribution in [3.63, 3.8) is 0 Å². The maximum absolute atomic E-state index is 3.05. The minimum absolute atomic E-state index is 0.966. The minimum atomic E-state index is 0.966. The van der Waals surface area contributed by atoms with E-state index in [-0.39, 0.29) is 0 Å². The van der Waals surface area contributed by atoms with Crippen LogP contribution in [0.5, 0.6) is 0 Å². The predicted octanol–water partition coefficient (Wildman–Crippen LogP) is 2.40. The quantitative estimate of drug-likeness (QED) is 0.453. The Balaban J connectivity index is 3.15. The first-order valence-electron chi connectivity index (χ1n) is 3.02. The summed E-state index contributed by atoms with van der Waals surface area (Å²) >= 11 is 0. The van der Waals surface area contributed by atoms with E-state index in [1.807, 2.05) is 0 Å². The zero-order chi connectivity index (χ0) is 6.41. The molecule has 0 aromatic heterocycles. The first-order valence-corrected chi connectivity index (χ1v) is 3.02. The van der Waals surface area contributed by atoms with E-state index in [1.165, 1.54) is 5.92 Å². The van der Waals surface area contributed by atoms with E-state index in [9.17, 15) is 0 Å². The molecule has 0 saturated heterocycles. The molecule has 1 radical (unpaired) electrons. The van der Waals surface area contributed by atoms with E-state index < -0.39 is 0 Å². The highest BCUT2D eigenvalue weighted by Gasteiger charge is 1.85. The van der Waals surface area contributed by atoms with Crippen LogP contribution in [0.3, 0.4) is 0 Å². The van der Waals surface area contributed by atoms with Gasteiger partial charge in [-0.05, 0) is 5.92 Å². The van der Waals surface area contributed by atoms with Crippen LogP contribution in [0.1, 0.15) is 33.6 Å². The summed E-state index contributed by atoms with van der Waals surface area (Å²) in [6.07, 6.45) is 1.95. The lowest BCUT2D eigenvalue weighted by Gasteiger charge is -1.90. The summed E-state index contributed by atoms with van der Waals surface area (Å²) in [5.41, 5.74) is 0. The van der Waals surface area contributed by atoms with Gasteiger partial charge in [-0.1, -0.05) is 20.8 Å². The second kappa shape index (κ2) is 4.71. The Morgan fingerprint density at radius 1 is 1.25 bits per heavy atom. The molecular formula is C8H13. The fourth-order valence-corrected chi connectivity index (χ4v) is 0.364. The van der Waals surface area contributed by atoms with E-state index in [2.05, 4.69) is 32.6 Å². The van der Waals surface area contributed by atoms with Gasteiger partial charge in [-0.25, -0.2) is 0 Å². The van der Waals surface area contributed by atoms with Gasteiger partial charge in [-0.3, -0.25) is 0 Å². The molecule has 45 valence electrons. The molecule has 0 fully saturated rings. The van der Waals surface area contributed by atoms with Crippen LogP contribution in [0, 0.1) is 17.8 Å². The molecule has 0 amide bonds. The molecule has 0 N–H and O–H groups in total. The first kappa shape index (κ1) is 7.56. The molecule has 0 heterocycles. The third kappa shape index (κ3) is 5.56. The van der Waals surface area contributed by atoms with Crippen LogP contribution in [-0.2, 0) is 0 Å². The highest BCUT2D eigenvalue weighted by atomic mass is 13.9. The first-order chi connectivity index (χ1) is 3.77. The third-order valence-electron chi connectivity index (χ3n) is 0.744. The molecule has 0 aliphatic rings. The zero-order valence-electron chi connectivity index (χ0n) is 5.91. The molecule has 8 heavy (non-hydrogen) atoms. The molecule has 0 saturated carbocycles. The molecule has 0 bridgehead atoms. The van der Waals surface area contributed by atoms with Gasteiger partial charge in [0.1, 0.15) is 0 Å². The van der Waals surface area contributed by atoms with Crippen molar-refractivity contribution in [2.45, 2.75) is 33.6 Å². The molecule has 0 aliphatic heterocycles. The monoisotopic (exact) mass is 109 g/mol. The number of rotatable bonds is 1. The highest BCUT2D eigenvalue weighted by molar-refractivity contribution is 5.04. The third-order valence-corrected chi connectivity index (χ3v) is 0.744. The standard InChI is InChI=1S/C8H13/c1-4-5-6-7-8(2)3/h4,7H2,1-3H3. The molecule has 0 unspecified atom stereocenters. The van der Waals surface area contributed by atoms with Gasteiger partial charge >= 0.3 is 0 Å². The Bertz CT molecular complexity index is 90.3. The largest absolute Gasteiger partial charge is 0.104 e. The second-order valence-electron chi connectivity index (χ2n) is 2.09. The summed E-state index contributed by atoms with van der Waals surface area (Å²) in [7, 11) is 0. The Morgan fingerprint density at radius 3 is 2.25 bits per heavy atom. The van der Waals surface area contributed by atoms with Crippen LogP contribution in [0.2, 0.25) is 0 Å². The van der Waals surface area contributed by atoms with Crippen molar-refractivity contribution in [3.8, 4) is 11.8 Å². The minimum Gasteiger partial charge on any atom is -0.104 e. The van der Waals surface area contributed by atoms with Gasteiger partial charge in [0, 0.05) is 12.8 Å². The van der Waals surface area contributed by atoms with Crippen molar-refractivity contribution in [3.05, 3.63) is 5.92 Å². The van der Waals surface area contributed by atoms with E-state index >= 15 is 0 Å². The lowest BCUT2D eigenvalue weighted by atomic mass is 10.1. The highest BCUT2D eigenvalue weighted by Crippen LogP contribution is 1.98. The summed E-state index contributed by atoms with van der Waals surface area (Å²) in [6, 6.07) is 0. The summed E-state index contributed by atoms with van der Waals surface area (Å²) in [5.74, 6) is 7.45. The summed E-state index contributed by atoms with van der Waals surface area (Å²) in [6.45, 7) is 6.27. The van der Waals surface area contributed by atoms with Crippen molar-refractivity contribution in [1.82, 2.24) is 0 Å². The van der Waals surface area contributed by atoms with Gasteiger partial charge in [0.05, 0.1) is 0 Å². The molecule has 0 aliphatic carbocycles. The molecule has 0 heteroatoms. The van der Waals surface area contributed by atoms with Crippen LogP contribution < -0.4 is 0 Å². The van der Waals surface area contributed by atoms with E-state index in [0.29, 0.717) is 0 Å². The predicted molar refractivity (Wildman–Crippen MR) is 37.3 cm³/mol. The Labute approximate surface area is 52.3 Å². The van der Waals surface area contributed by atoms with Gasteiger partial charge in [-0.2, -0.15) is 0 Å². The van der Waals surface area contributed by atoms with Crippen LogP contribution in [0.25, 0.3) is 0 Å². The molecule has 0 aromatic carbocycles. The number of hydrogen-bond acceptors (Lipinski definition) is 0. The average Bonchev–Trinajstić information content (AvgIpc) is 1.66. The van der Waals surface area contributed by atoms with Crippen LogP contribution in [-0.4, -0.2) is 0 Å². The van der Waals surface area contributed by atoms with Crippen molar-refractivity contribution < 1.29 is 0 Å². The van der Waals surface area contributed by atoms with Crippen LogP contribution in [0.4, 0.5) is 0 Å². The van der Waals surface area contributed by atoms with Crippen LogP contribution >= 0.6 is 0 Å². The van der Waals surface area contributed by atoms with Gasteiger partial charge < -0.3 is 0 Å². The molecule has 0 aromatic rings. The molecule has 0 atom stereocenters. The topological polar surface area (TPSA) is 0 Å². The Morgan fingerprint density at radius 2 is 1.88 bits per heavy atom. The van der Waals surface area contributed by atoms with Crippen molar-refractivity contribution in [2.24, 2.45) is 0 Å². The van der Waals surface area contributed by atoms with Crippen molar-refractivity contribution >= 4 is 0 Å². The van der Waals surface area contributed by atoms with E-state index in [1.54, 1.807) is 0 Å². The van der Waals surface area contributed by atoms with Gasteiger partial charge in [0.2, 0.25) is 0 Å². The molecule has 0 rings (SSSR count). The average molecular weight is 109 g/mol. The summed E-state index contributed by atoms with van der Waals surface area (Å²) < 4.78 is 0. The number of hydrogen-bond donors (Lipinski definition) is 0. The summed E-state index contributed by atoms with van der Waals surface area (Å²) in [4.78, 5) is 0. The van der Waals surface area contributed by atoms with Gasteiger partial charge in [-0.15, -0.1) is 11.8 Å². The Hall–Kier alpha value is -0.440. The second-order valence-corrected chi connectivity index (χ2v) is 2.09. The SMILES string of the molecule is CCC#CC[C](C)C. The normalized spacial score (nSPS) is 8.50. The molecular weight excluding hydrogens is 96.1 g/mol. The molecule has 0 nitrogen and oxygen atoms in total. The van der Waals surface area contributed by atoms with Gasteiger partial charge in [0.15, 0.2) is 0 Å². The van der Waals surface area contributed by atoms with Crippen molar-refractivity contribution in [2.75, 3.05) is 0 Å². The van der Waals surface area contributed by atoms with E-state index in [4.69, 9.17) is 0 Å². The van der Waals surface area contributed by atoms with Gasteiger partial charge in [0.25, 0.3) is 0 Å². The lowest BCUT2D eigenvalue weighted by Crippen LogP contribution is -1.77. The maximum atomic E-state index is 3.05. The molecule has 0 spiro atoms. The summed E-state index contributed by atoms with van der Waals surface area (Å²) in [5, 5.41) is 0. The fourth-order valence-electron chi connectivity index (χ4n) is 0.364. The lowest BCUT2D eigenvalue weighted by molar-refractivity contribution is 1.01. The zero-order valence-corrected chi connectivity index (χ0v) is 5.91. The maximum Gasteiger partial charge on any atom is 0.0145 e. The van der Waals surface area contributed by atoms with E-state index in [0.717, 1.165) is 12.8 Å². The Kier molecular flexibility index (Phi) is 4.45. The smallest absolute Gasteiger partial charge is 0.0145 e. The van der Waals surface area contributed by atoms with Crippen LogP contribution in [0.15, 0.2) is 0 Å². The fraction of sp³-hybridized carbons (Fsp3) is 0.625. The van der Waals surface area contributed by atoms with Crippen molar-refractivity contribution in [1.29, 1.82) is 0 Å².